The molecule has 0 atom stereocenters. The molecule has 1 rings (SSSR count). The SMILES string of the molecule is C=Cc1cc(C)c(C(=O)NC)c(F)c1. The minimum atomic E-state index is -0.515. The number of rotatable bonds is 2. The molecule has 2 nitrogen and oxygen atoms in total. The highest BCUT2D eigenvalue weighted by atomic mass is 19.1. The van der Waals surface area contributed by atoms with Crippen LogP contribution in [0.15, 0.2) is 18.7 Å². The molecule has 0 saturated heterocycles. The Morgan fingerprint density at radius 3 is 2.64 bits per heavy atom. The van der Waals surface area contributed by atoms with Gasteiger partial charge in [0.15, 0.2) is 0 Å². The number of carbonyl (C=O) groups is 1. The van der Waals surface area contributed by atoms with Gasteiger partial charge in [-0.15, -0.1) is 0 Å². The third-order valence-corrected chi connectivity index (χ3v) is 2.00. The van der Waals surface area contributed by atoms with Gasteiger partial charge < -0.3 is 5.32 Å². The van der Waals surface area contributed by atoms with E-state index in [0.717, 1.165) is 0 Å². The van der Waals surface area contributed by atoms with Gasteiger partial charge in [-0.05, 0) is 24.1 Å². The molecule has 0 spiro atoms. The van der Waals surface area contributed by atoms with E-state index in [4.69, 9.17) is 0 Å². The average Bonchev–Trinajstić information content (AvgIpc) is 2.16. The van der Waals surface area contributed by atoms with Gasteiger partial charge in [0.1, 0.15) is 5.82 Å². The lowest BCUT2D eigenvalue weighted by atomic mass is 10.0. The molecule has 1 aromatic rings. The molecule has 0 aliphatic carbocycles. The molecule has 0 aliphatic heterocycles. The molecule has 1 amide bonds. The molecular weight excluding hydrogens is 181 g/mol. The van der Waals surface area contributed by atoms with Crippen LogP contribution < -0.4 is 5.32 Å². The van der Waals surface area contributed by atoms with E-state index in [-0.39, 0.29) is 5.56 Å². The first-order valence-corrected chi connectivity index (χ1v) is 4.24. The third kappa shape index (κ3) is 1.82. The quantitative estimate of drug-likeness (QED) is 0.766. The van der Waals surface area contributed by atoms with E-state index in [1.807, 2.05) is 0 Å². The second-order valence-electron chi connectivity index (χ2n) is 2.98. The number of nitrogens with one attached hydrogen (secondary N) is 1. The summed E-state index contributed by atoms with van der Waals surface area (Å²) >= 11 is 0. The van der Waals surface area contributed by atoms with Crippen molar-refractivity contribution < 1.29 is 9.18 Å². The fourth-order valence-electron chi connectivity index (χ4n) is 1.30. The number of carbonyl (C=O) groups excluding carboxylic acids is 1. The van der Waals surface area contributed by atoms with Gasteiger partial charge in [-0.25, -0.2) is 4.39 Å². The maximum atomic E-state index is 13.4. The Balaban J connectivity index is 3.31. The molecule has 0 heterocycles. The largest absolute Gasteiger partial charge is 0.355 e. The maximum absolute atomic E-state index is 13.4. The summed E-state index contributed by atoms with van der Waals surface area (Å²) in [6.07, 6.45) is 1.55. The highest BCUT2D eigenvalue weighted by Gasteiger charge is 2.13. The molecule has 0 aliphatic rings. The number of amides is 1. The monoisotopic (exact) mass is 193 g/mol. The van der Waals surface area contributed by atoms with Crippen LogP contribution in [0.5, 0.6) is 0 Å². The number of hydrogen-bond acceptors (Lipinski definition) is 1. The fraction of sp³-hybridized carbons (Fsp3) is 0.182. The molecule has 0 bridgehead atoms. The van der Waals surface area contributed by atoms with Gasteiger partial charge in [0, 0.05) is 7.05 Å². The normalized spacial score (nSPS) is 9.64. The number of halogens is 1. The average molecular weight is 193 g/mol. The smallest absolute Gasteiger partial charge is 0.254 e. The van der Waals surface area contributed by atoms with Crippen molar-refractivity contribution in [3.05, 3.63) is 41.2 Å². The summed E-state index contributed by atoms with van der Waals surface area (Å²) in [6.45, 7) is 5.24. The van der Waals surface area contributed by atoms with E-state index < -0.39 is 11.7 Å². The van der Waals surface area contributed by atoms with E-state index in [1.54, 1.807) is 19.1 Å². The minimum absolute atomic E-state index is 0.0955. The summed E-state index contributed by atoms with van der Waals surface area (Å²) in [5.74, 6) is -0.921. The zero-order chi connectivity index (χ0) is 10.7. The van der Waals surface area contributed by atoms with Crippen molar-refractivity contribution in [1.29, 1.82) is 0 Å². The lowest BCUT2D eigenvalue weighted by Crippen LogP contribution is -2.20. The highest BCUT2D eigenvalue weighted by Crippen LogP contribution is 2.16. The third-order valence-electron chi connectivity index (χ3n) is 2.00. The lowest BCUT2D eigenvalue weighted by Gasteiger charge is -2.06. The molecule has 14 heavy (non-hydrogen) atoms. The second-order valence-corrected chi connectivity index (χ2v) is 2.98. The van der Waals surface area contributed by atoms with Crippen molar-refractivity contribution in [3.63, 3.8) is 0 Å². The molecule has 1 N–H and O–H groups in total. The van der Waals surface area contributed by atoms with Gasteiger partial charge in [-0.3, -0.25) is 4.79 Å². The number of benzene rings is 1. The summed E-state index contributed by atoms with van der Waals surface area (Å²) in [4.78, 5) is 11.3. The number of aryl methyl sites for hydroxylation is 1. The van der Waals surface area contributed by atoms with Crippen molar-refractivity contribution in [1.82, 2.24) is 5.32 Å². The predicted octanol–water partition coefficient (Wildman–Crippen LogP) is 2.14. The molecule has 0 radical (unpaired) electrons. The molecule has 1 aromatic carbocycles. The standard InChI is InChI=1S/C11H12FNO/c1-4-8-5-7(2)10(9(12)6-8)11(14)13-3/h4-6H,1H2,2-3H3,(H,13,14). The van der Waals surface area contributed by atoms with E-state index in [2.05, 4.69) is 11.9 Å². The summed E-state index contributed by atoms with van der Waals surface area (Å²) in [7, 11) is 1.47. The minimum Gasteiger partial charge on any atom is -0.355 e. The first-order chi connectivity index (χ1) is 6.60. The van der Waals surface area contributed by atoms with Gasteiger partial charge in [-0.1, -0.05) is 18.7 Å². The highest BCUT2D eigenvalue weighted by molar-refractivity contribution is 5.95. The lowest BCUT2D eigenvalue weighted by molar-refractivity contribution is 0.0958. The van der Waals surface area contributed by atoms with Gasteiger partial charge in [0.25, 0.3) is 5.91 Å². The zero-order valence-corrected chi connectivity index (χ0v) is 8.23. The summed E-state index contributed by atoms with van der Waals surface area (Å²) < 4.78 is 13.4. The van der Waals surface area contributed by atoms with Crippen LogP contribution in [-0.2, 0) is 0 Å². The topological polar surface area (TPSA) is 29.1 Å². The van der Waals surface area contributed by atoms with Crippen molar-refractivity contribution in [2.24, 2.45) is 0 Å². The van der Waals surface area contributed by atoms with Gasteiger partial charge >= 0.3 is 0 Å². The van der Waals surface area contributed by atoms with Crippen LogP contribution in [0.25, 0.3) is 6.08 Å². The van der Waals surface area contributed by atoms with Crippen LogP contribution in [-0.4, -0.2) is 13.0 Å². The van der Waals surface area contributed by atoms with Crippen LogP contribution in [0.2, 0.25) is 0 Å². The van der Waals surface area contributed by atoms with Crippen molar-refractivity contribution >= 4 is 12.0 Å². The molecule has 3 heteroatoms. The van der Waals surface area contributed by atoms with Crippen molar-refractivity contribution in [3.8, 4) is 0 Å². The first kappa shape index (κ1) is 10.4. The van der Waals surface area contributed by atoms with Gasteiger partial charge in [0.05, 0.1) is 5.56 Å². The van der Waals surface area contributed by atoms with E-state index in [9.17, 15) is 9.18 Å². The number of hydrogen-bond donors (Lipinski definition) is 1. The molecule has 0 saturated carbocycles. The molecular formula is C11H12FNO. The van der Waals surface area contributed by atoms with Gasteiger partial charge in [0.2, 0.25) is 0 Å². The summed E-state index contributed by atoms with van der Waals surface area (Å²) in [5.41, 5.74) is 1.38. The van der Waals surface area contributed by atoms with E-state index in [1.165, 1.54) is 13.1 Å². The van der Waals surface area contributed by atoms with Crippen molar-refractivity contribution in [2.45, 2.75) is 6.92 Å². The van der Waals surface area contributed by atoms with Crippen LogP contribution >= 0.6 is 0 Å². The molecule has 0 aromatic heterocycles. The molecule has 74 valence electrons. The van der Waals surface area contributed by atoms with Crippen LogP contribution in [0.1, 0.15) is 21.5 Å². The Bertz CT molecular complexity index is 362. The Morgan fingerprint density at radius 2 is 2.21 bits per heavy atom. The summed E-state index contributed by atoms with van der Waals surface area (Å²) in [6, 6.07) is 3.02. The van der Waals surface area contributed by atoms with E-state index in [0.29, 0.717) is 11.1 Å². The maximum Gasteiger partial charge on any atom is 0.254 e. The van der Waals surface area contributed by atoms with Gasteiger partial charge in [-0.2, -0.15) is 0 Å². The van der Waals surface area contributed by atoms with E-state index >= 15 is 0 Å². The first-order valence-electron chi connectivity index (χ1n) is 4.24. The zero-order valence-electron chi connectivity index (χ0n) is 8.23. The van der Waals surface area contributed by atoms with Crippen LogP contribution in [0, 0.1) is 12.7 Å². The van der Waals surface area contributed by atoms with Crippen molar-refractivity contribution in [2.75, 3.05) is 7.05 Å². The summed E-state index contributed by atoms with van der Waals surface area (Å²) in [5, 5.41) is 2.40. The van der Waals surface area contributed by atoms with Crippen LogP contribution in [0.4, 0.5) is 4.39 Å². The second kappa shape index (κ2) is 4.05. The molecule has 0 fully saturated rings. The van der Waals surface area contributed by atoms with Crippen LogP contribution in [0.3, 0.4) is 0 Å². The Hall–Kier alpha value is -1.64. The molecule has 0 unspecified atom stereocenters. The Labute approximate surface area is 82.4 Å². The Kier molecular flexibility index (Phi) is 3.02. The predicted molar refractivity (Wildman–Crippen MR) is 54.6 cm³/mol. The Morgan fingerprint density at radius 1 is 1.57 bits per heavy atom. The fourth-order valence-corrected chi connectivity index (χ4v) is 1.30.